The maximum atomic E-state index is 7.02. The van der Waals surface area contributed by atoms with Crippen molar-refractivity contribution in [3.8, 4) is 0 Å². The Morgan fingerprint density at radius 1 is 1.67 bits per heavy atom. The van der Waals surface area contributed by atoms with Gasteiger partial charge in [0.1, 0.15) is 5.17 Å². The Balaban J connectivity index is 4.35. The molecule has 0 fully saturated rings. The van der Waals surface area contributed by atoms with E-state index in [0.717, 1.165) is 3.58 Å². The third-order valence-corrected chi connectivity index (χ3v) is 1.54. The van der Waals surface area contributed by atoms with E-state index in [2.05, 4.69) is 27.9 Å². The fraction of sp³-hybridized carbons (Fsp3) is 0.400. The molecule has 52 valence electrons. The van der Waals surface area contributed by atoms with Gasteiger partial charge in [-0.2, -0.15) is 0 Å². The molecule has 0 unspecified atom stereocenters. The van der Waals surface area contributed by atoms with Crippen molar-refractivity contribution in [2.45, 2.75) is 6.92 Å². The number of hydrogen-bond acceptors (Lipinski definition) is 2. The van der Waals surface area contributed by atoms with Crippen LogP contribution in [-0.4, -0.2) is 12.2 Å². The lowest BCUT2D eigenvalue weighted by atomic mass is 10.4. The molecule has 0 bridgehead atoms. The van der Waals surface area contributed by atoms with Gasteiger partial charge in [-0.25, -0.2) is 0 Å². The van der Waals surface area contributed by atoms with Crippen molar-refractivity contribution in [3.63, 3.8) is 0 Å². The third kappa shape index (κ3) is 3.05. The van der Waals surface area contributed by atoms with E-state index in [1.807, 2.05) is 6.92 Å². The van der Waals surface area contributed by atoms with Gasteiger partial charge in [0, 0.05) is 10.6 Å². The van der Waals surface area contributed by atoms with Gasteiger partial charge < -0.3 is 5.32 Å². The van der Waals surface area contributed by atoms with Crippen molar-refractivity contribution in [1.29, 1.82) is 5.41 Å². The van der Waals surface area contributed by atoms with Gasteiger partial charge in [-0.15, -0.1) is 0 Å². The predicted molar refractivity (Wildman–Crippen MR) is 49.4 cm³/mol. The van der Waals surface area contributed by atoms with E-state index in [1.54, 1.807) is 7.05 Å². The average molecular weight is 258 g/mol. The number of nitrogens with one attached hydrogen (secondary N) is 2. The highest BCUT2D eigenvalue weighted by molar-refractivity contribution is 14.1. The lowest BCUT2D eigenvalue weighted by Crippen LogP contribution is -2.11. The first-order valence-electron chi connectivity index (χ1n) is 2.38. The molecule has 0 amide bonds. The Hall–Kier alpha value is 0.230. The second-order valence-electron chi connectivity index (χ2n) is 1.47. The average Bonchev–Trinajstić information content (AvgIpc) is 1.64. The summed E-state index contributed by atoms with van der Waals surface area (Å²) in [6.45, 7) is 1.89. The minimum atomic E-state index is 0.0596. The molecule has 0 spiro atoms. The van der Waals surface area contributed by atoms with E-state index in [1.165, 1.54) is 0 Å². The minimum Gasteiger partial charge on any atom is -0.385 e. The topological polar surface area (TPSA) is 35.9 Å². The van der Waals surface area contributed by atoms with Gasteiger partial charge in [0.15, 0.2) is 0 Å². The van der Waals surface area contributed by atoms with Crippen molar-refractivity contribution >= 4 is 39.4 Å². The van der Waals surface area contributed by atoms with E-state index in [-0.39, 0.29) is 5.17 Å². The number of halogens is 2. The highest BCUT2D eigenvalue weighted by Gasteiger charge is 2.00. The summed E-state index contributed by atoms with van der Waals surface area (Å²) in [7, 11) is 1.74. The zero-order valence-electron chi connectivity index (χ0n) is 5.26. The lowest BCUT2D eigenvalue weighted by Gasteiger charge is -2.02. The fourth-order valence-corrected chi connectivity index (χ4v) is 1.37. The predicted octanol–water partition coefficient (Wildman–Crippen LogP) is 2.09. The molecule has 0 aromatic carbocycles. The van der Waals surface area contributed by atoms with Crippen LogP contribution in [0.3, 0.4) is 0 Å². The summed E-state index contributed by atoms with van der Waals surface area (Å²) >= 11 is 7.51. The van der Waals surface area contributed by atoms with Gasteiger partial charge in [-0.05, 0) is 29.5 Å². The molecular formula is C5H8ClIN2. The maximum Gasteiger partial charge on any atom is 0.144 e. The summed E-state index contributed by atoms with van der Waals surface area (Å²) in [5.41, 5.74) is 0.692. The van der Waals surface area contributed by atoms with Crippen LogP contribution >= 0.6 is 34.2 Å². The van der Waals surface area contributed by atoms with E-state index < -0.39 is 0 Å². The monoisotopic (exact) mass is 258 g/mol. The second kappa shape index (κ2) is 4.11. The highest BCUT2D eigenvalue weighted by Crippen LogP contribution is 2.10. The molecule has 0 rings (SSSR count). The second-order valence-corrected chi connectivity index (χ2v) is 3.47. The molecule has 4 heteroatoms. The molecule has 0 heterocycles. The Morgan fingerprint density at radius 3 is 2.11 bits per heavy atom. The molecule has 0 aliphatic rings. The largest absolute Gasteiger partial charge is 0.385 e. The van der Waals surface area contributed by atoms with Crippen molar-refractivity contribution in [1.82, 2.24) is 5.32 Å². The van der Waals surface area contributed by atoms with E-state index in [0.29, 0.717) is 5.70 Å². The summed E-state index contributed by atoms with van der Waals surface area (Å²) in [5.74, 6) is 0. The van der Waals surface area contributed by atoms with Gasteiger partial charge >= 0.3 is 0 Å². The summed E-state index contributed by atoms with van der Waals surface area (Å²) in [5, 5.41) is 9.90. The molecule has 0 saturated heterocycles. The molecule has 0 aromatic rings. The molecular weight excluding hydrogens is 250 g/mol. The van der Waals surface area contributed by atoms with Gasteiger partial charge in [0.2, 0.25) is 0 Å². The van der Waals surface area contributed by atoms with Crippen LogP contribution in [0.4, 0.5) is 0 Å². The molecule has 0 aromatic heterocycles. The zero-order chi connectivity index (χ0) is 7.44. The Morgan fingerprint density at radius 2 is 2.11 bits per heavy atom. The summed E-state index contributed by atoms with van der Waals surface area (Å²) in [4.78, 5) is 0. The number of rotatable bonds is 2. The Kier molecular flexibility index (Phi) is 4.22. The Bertz CT molecular complexity index is 149. The number of allylic oxidation sites excluding steroid dienone is 2. The fourth-order valence-electron chi connectivity index (χ4n) is 0.433. The van der Waals surface area contributed by atoms with Crippen LogP contribution in [0.2, 0.25) is 0 Å². The van der Waals surface area contributed by atoms with Crippen LogP contribution in [0.25, 0.3) is 0 Å². The van der Waals surface area contributed by atoms with Crippen molar-refractivity contribution in [3.05, 3.63) is 9.28 Å². The SMILES string of the molecule is CN/C(C(=N)Cl)=C(/C)I. The van der Waals surface area contributed by atoms with Gasteiger partial charge in [-0.1, -0.05) is 11.6 Å². The molecule has 0 aliphatic heterocycles. The van der Waals surface area contributed by atoms with Crippen LogP contribution in [0.5, 0.6) is 0 Å². The van der Waals surface area contributed by atoms with Crippen LogP contribution < -0.4 is 5.32 Å². The summed E-state index contributed by atoms with van der Waals surface area (Å²) < 4.78 is 0.995. The molecule has 2 nitrogen and oxygen atoms in total. The van der Waals surface area contributed by atoms with Crippen LogP contribution in [0, 0.1) is 5.41 Å². The Labute approximate surface area is 73.3 Å². The molecule has 9 heavy (non-hydrogen) atoms. The van der Waals surface area contributed by atoms with E-state index in [4.69, 9.17) is 17.0 Å². The normalized spacial score (nSPS) is 12.4. The third-order valence-electron chi connectivity index (χ3n) is 0.814. The summed E-state index contributed by atoms with van der Waals surface area (Å²) in [6.07, 6.45) is 0. The first-order valence-corrected chi connectivity index (χ1v) is 3.83. The quantitative estimate of drug-likeness (QED) is 0.577. The summed E-state index contributed by atoms with van der Waals surface area (Å²) in [6, 6.07) is 0. The van der Waals surface area contributed by atoms with E-state index >= 15 is 0 Å². The molecule has 0 radical (unpaired) electrons. The van der Waals surface area contributed by atoms with Crippen molar-refractivity contribution in [2.24, 2.45) is 0 Å². The first-order chi connectivity index (χ1) is 4.09. The van der Waals surface area contributed by atoms with Gasteiger partial charge in [-0.3, -0.25) is 5.41 Å². The smallest absolute Gasteiger partial charge is 0.144 e. The van der Waals surface area contributed by atoms with E-state index in [9.17, 15) is 0 Å². The first kappa shape index (κ1) is 9.23. The van der Waals surface area contributed by atoms with Crippen LogP contribution in [-0.2, 0) is 0 Å². The molecule has 2 N–H and O–H groups in total. The molecule has 0 atom stereocenters. The highest BCUT2D eigenvalue weighted by atomic mass is 127. The minimum absolute atomic E-state index is 0.0596. The van der Waals surface area contributed by atoms with Crippen LogP contribution in [0.15, 0.2) is 9.28 Å². The van der Waals surface area contributed by atoms with Crippen molar-refractivity contribution < 1.29 is 0 Å². The lowest BCUT2D eigenvalue weighted by molar-refractivity contribution is 1.05. The number of hydrogen-bond donors (Lipinski definition) is 2. The standard InChI is InChI=1S/C5H8ClIN2/c1-3(7)4(9-2)5(6)8/h8-9H,1-2H3/b4-3-,8-5?. The zero-order valence-corrected chi connectivity index (χ0v) is 8.17. The van der Waals surface area contributed by atoms with Gasteiger partial charge in [0.05, 0.1) is 5.70 Å². The van der Waals surface area contributed by atoms with Crippen molar-refractivity contribution in [2.75, 3.05) is 7.05 Å². The molecule has 0 saturated carbocycles. The molecule has 0 aliphatic carbocycles. The maximum absolute atomic E-state index is 7.02. The van der Waals surface area contributed by atoms with Gasteiger partial charge in [0.25, 0.3) is 0 Å². The van der Waals surface area contributed by atoms with Crippen LogP contribution in [0.1, 0.15) is 6.92 Å².